The molecular weight excluding hydrogens is 506 g/mol. The number of nitriles is 1. The van der Waals surface area contributed by atoms with Crippen molar-refractivity contribution in [2.75, 3.05) is 38.1 Å². The van der Waals surface area contributed by atoms with Crippen molar-refractivity contribution < 1.29 is 4.79 Å². The Kier molecular flexibility index (Phi) is 7.71. The van der Waals surface area contributed by atoms with Crippen LogP contribution in [-0.2, 0) is 0 Å². The van der Waals surface area contributed by atoms with E-state index in [0.29, 0.717) is 11.1 Å². The van der Waals surface area contributed by atoms with Crippen molar-refractivity contribution in [3.05, 3.63) is 95.6 Å². The van der Waals surface area contributed by atoms with E-state index in [1.807, 2.05) is 42.5 Å². The van der Waals surface area contributed by atoms with Crippen LogP contribution in [0, 0.1) is 11.3 Å². The first-order chi connectivity index (χ1) is 20.0. The Morgan fingerprint density at radius 1 is 0.976 bits per heavy atom. The molecule has 4 aromatic rings. The highest BCUT2D eigenvalue weighted by atomic mass is 16.2. The van der Waals surface area contributed by atoms with Gasteiger partial charge in [0.1, 0.15) is 5.82 Å². The van der Waals surface area contributed by atoms with Gasteiger partial charge in [-0.25, -0.2) is 4.98 Å². The molecule has 0 saturated carbocycles. The van der Waals surface area contributed by atoms with Crippen LogP contribution in [0.3, 0.4) is 0 Å². The number of fused-ring (bicyclic) bond motifs is 1. The zero-order valence-electron chi connectivity index (χ0n) is 24.0. The number of nitrogens with zero attached hydrogens (tertiary/aromatic N) is 5. The zero-order chi connectivity index (χ0) is 28.3. The van der Waals surface area contributed by atoms with Gasteiger partial charge in [-0.2, -0.15) is 5.26 Å². The second-order valence-corrected chi connectivity index (χ2v) is 11.4. The number of amides is 1. The molecule has 2 atom stereocenters. The second-order valence-electron chi connectivity index (χ2n) is 11.4. The molecule has 6 nitrogen and oxygen atoms in total. The summed E-state index contributed by atoms with van der Waals surface area (Å²) in [5.74, 6) is 0.886. The van der Waals surface area contributed by atoms with Gasteiger partial charge in [-0.15, -0.1) is 0 Å². The van der Waals surface area contributed by atoms with E-state index in [1.54, 1.807) is 0 Å². The molecule has 0 bridgehead atoms. The molecule has 0 aliphatic carbocycles. The van der Waals surface area contributed by atoms with Gasteiger partial charge in [-0.1, -0.05) is 48.5 Å². The lowest BCUT2D eigenvalue weighted by molar-refractivity contribution is 0.0710. The van der Waals surface area contributed by atoms with E-state index in [-0.39, 0.29) is 18.0 Å². The molecule has 1 amide bonds. The van der Waals surface area contributed by atoms with Crippen LogP contribution in [0.4, 0.5) is 5.82 Å². The van der Waals surface area contributed by atoms with Crippen LogP contribution in [0.5, 0.6) is 0 Å². The number of rotatable bonds is 7. The Labute approximate surface area is 242 Å². The minimum absolute atomic E-state index is 0.0942. The van der Waals surface area contributed by atoms with Gasteiger partial charge in [0.25, 0.3) is 5.91 Å². The predicted molar refractivity (Wildman–Crippen MR) is 165 cm³/mol. The van der Waals surface area contributed by atoms with E-state index in [4.69, 9.17) is 4.98 Å². The van der Waals surface area contributed by atoms with Crippen LogP contribution >= 0.6 is 0 Å². The van der Waals surface area contributed by atoms with Crippen LogP contribution in [0.1, 0.15) is 60.1 Å². The van der Waals surface area contributed by atoms with Gasteiger partial charge in [-0.05, 0) is 92.7 Å². The number of aromatic nitrogens is 1. The van der Waals surface area contributed by atoms with Crippen LogP contribution in [0.25, 0.3) is 22.0 Å². The number of hydrogen-bond donors (Lipinski definition) is 0. The van der Waals surface area contributed by atoms with Crippen molar-refractivity contribution in [1.82, 2.24) is 14.8 Å². The van der Waals surface area contributed by atoms with Crippen molar-refractivity contribution in [3.8, 4) is 17.2 Å². The summed E-state index contributed by atoms with van der Waals surface area (Å²) in [5.41, 5.74) is 5.37. The largest absolute Gasteiger partial charge is 0.353 e. The average Bonchev–Trinajstić information content (AvgIpc) is 3.72. The average molecular weight is 544 g/mol. The van der Waals surface area contributed by atoms with Gasteiger partial charge < -0.3 is 14.7 Å². The molecule has 3 aromatic carbocycles. The summed E-state index contributed by atoms with van der Waals surface area (Å²) in [7, 11) is 2.05. The van der Waals surface area contributed by atoms with E-state index in [9.17, 15) is 10.1 Å². The normalized spacial score (nSPS) is 18.0. The van der Waals surface area contributed by atoms with Gasteiger partial charge in [0.2, 0.25) is 0 Å². The number of likely N-dealkylation sites (tertiary alicyclic amines) is 2. The maximum Gasteiger partial charge on any atom is 0.254 e. The number of hydrogen-bond acceptors (Lipinski definition) is 5. The highest BCUT2D eigenvalue weighted by Gasteiger charge is 2.33. The molecule has 41 heavy (non-hydrogen) atoms. The molecule has 6 heteroatoms. The molecule has 208 valence electrons. The van der Waals surface area contributed by atoms with E-state index in [2.05, 4.69) is 71.1 Å². The summed E-state index contributed by atoms with van der Waals surface area (Å²) in [5, 5.41) is 10.1. The third-order valence-electron chi connectivity index (χ3n) is 8.90. The zero-order valence-corrected chi connectivity index (χ0v) is 24.0. The summed E-state index contributed by atoms with van der Waals surface area (Å²) in [6.07, 6.45) is 4.60. The van der Waals surface area contributed by atoms with Crippen LogP contribution < -0.4 is 4.90 Å². The van der Waals surface area contributed by atoms with Gasteiger partial charge in [0.15, 0.2) is 0 Å². The molecule has 0 unspecified atom stereocenters. The molecule has 0 N–H and O–H groups in total. The smallest absolute Gasteiger partial charge is 0.254 e. The lowest BCUT2D eigenvalue weighted by Crippen LogP contribution is -2.42. The summed E-state index contributed by atoms with van der Waals surface area (Å²) in [4.78, 5) is 26.3. The van der Waals surface area contributed by atoms with Gasteiger partial charge in [-0.3, -0.25) is 4.79 Å². The van der Waals surface area contributed by atoms with Crippen molar-refractivity contribution >= 4 is 22.6 Å². The maximum absolute atomic E-state index is 14.4. The number of anilines is 1. The van der Waals surface area contributed by atoms with Crippen LogP contribution in [-0.4, -0.2) is 60.0 Å². The summed E-state index contributed by atoms with van der Waals surface area (Å²) in [6.45, 7) is 6.20. The highest BCUT2D eigenvalue weighted by molar-refractivity contribution is 6.08. The maximum atomic E-state index is 14.4. The molecule has 6 rings (SSSR count). The Morgan fingerprint density at radius 2 is 1.71 bits per heavy atom. The SMILES string of the molecule is C[C@H](c1ccccc1)N(C)c1cc(C(=O)N2CCC[C@H]2CN2CCCC2)c2cc(-c3ccc(C#N)cc3)ccc2n1. The van der Waals surface area contributed by atoms with E-state index in [0.717, 1.165) is 66.9 Å². The Bertz CT molecular complexity index is 1570. The van der Waals surface area contributed by atoms with E-state index < -0.39 is 0 Å². The first-order valence-electron chi connectivity index (χ1n) is 14.8. The fourth-order valence-electron chi connectivity index (χ4n) is 6.35. The Morgan fingerprint density at radius 3 is 2.44 bits per heavy atom. The molecule has 2 aliphatic heterocycles. The molecule has 0 spiro atoms. The molecule has 3 heterocycles. The second kappa shape index (κ2) is 11.7. The molecule has 1 aromatic heterocycles. The fourth-order valence-corrected chi connectivity index (χ4v) is 6.35. The predicted octanol–water partition coefficient (Wildman–Crippen LogP) is 6.67. The summed E-state index contributed by atoms with van der Waals surface area (Å²) < 4.78 is 0. The van der Waals surface area contributed by atoms with E-state index in [1.165, 1.54) is 18.4 Å². The van der Waals surface area contributed by atoms with Crippen LogP contribution in [0.15, 0.2) is 78.9 Å². The number of carbonyl (C=O) groups is 1. The third-order valence-corrected chi connectivity index (χ3v) is 8.90. The molecular formula is C35H37N5O. The minimum atomic E-state index is 0.0942. The van der Waals surface area contributed by atoms with E-state index >= 15 is 0 Å². The first kappa shape index (κ1) is 27.0. The topological polar surface area (TPSA) is 63.5 Å². The number of pyridine rings is 1. The summed E-state index contributed by atoms with van der Waals surface area (Å²) in [6, 6.07) is 28.7. The minimum Gasteiger partial charge on any atom is -0.353 e. The quantitative estimate of drug-likeness (QED) is 0.260. The molecule has 2 aliphatic rings. The van der Waals surface area contributed by atoms with Crippen molar-refractivity contribution in [3.63, 3.8) is 0 Å². The monoisotopic (exact) mass is 543 g/mol. The standard InChI is InChI=1S/C35H37N5O/c1-25(27-9-4-3-5-10-27)38(2)34-22-32(35(41)40-20-8-11-30(40)24-39-18-6-7-19-39)31-21-29(16-17-33(31)37-34)28-14-12-26(23-36)13-15-28/h3-5,9-10,12-17,21-22,25,30H,6-8,11,18-20,24H2,1-2H3/t25-,30+/m1/s1. The van der Waals surface area contributed by atoms with Crippen LogP contribution in [0.2, 0.25) is 0 Å². The molecule has 0 radical (unpaired) electrons. The highest BCUT2D eigenvalue weighted by Crippen LogP contribution is 2.33. The summed E-state index contributed by atoms with van der Waals surface area (Å²) >= 11 is 0. The number of benzene rings is 3. The lowest BCUT2D eigenvalue weighted by Gasteiger charge is -2.30. The third kappa shape index (κ3) is 5.55. The number of carbonyl (C=O) groups excluding carboxylic acids is 1. The Balaban J connectivity index is 1.41. The van der Waals surface area contributed by atoms with Crippen molar-refractivity contribution in [2.45, 2.75) is 44.7 Å². The fraction of sp³-hybridized carbons (Fsp3) is 0.343. The first-order valence-corrected chi connectivity index (χ1v) is 14.8. The van der Waals surface area contributed by atoms with Crippen molar-refractivity contribution in [1.29, 1.82) is 5.26 Å². The van der Waals surface area contributed by atoms with Crippen molar-refractivity contribution in [2.24, 2.45) is 0 Å². The van der Waals surface area contributed by atoms with Gasteiger partial charge in [0.05, 0.1) is 28.8 Å². The lowest BCUT2D eigenvalue weighted by atomic mass is 9.99. The van der Waals surface area contributed by atoms with Gasteiger partial charge in [0, 0.05) is 31.6 Å². The van der Waals surface area contributed by atoms with Gasteiger partial charge >= 0.3 is 0 Å². The molecule has 2 saturated heterocycles. The molecule has 2 fully saturated rings. The Hall–Kier alpha value is -4.21.